The Morgan fingerprint density at radius 1 is 0.963 bits per heavy atom. The monoisotopic (exact) mass is 385 g/mol. The van der Waals surface area contributed by atoms with Crippen LogP contribution in [-0.2, 0) is 0 Å². The van der Waals surface area contributed by atoms with Gasteiger partial charge in [-0.3, -0.25) is 5.01 Å². The lowest BCUT2D eigenvalue weighted by Gasteiger charge is -2.30. The molecule has 0 unspecified atom stereocenters. The summed E-state index contributed by atoms with van der Waals surface area (Å²) in [6.45, 7) is 3.94. The minimum Gasteiger partial charge on any atom is -0.497 e. The topological polar surface area (TPSA) is 41.2 Å². The number of benzene rings is 2. The summed E-state index contributed by atoms with van der Waals surface area (Å²) in [4.78, 5) is 2.33. The molecule has 0 amide bonds. The molecule has 4 rings (SSSR count). The van der Waals surface area contributed by atoms with Crippen LogP contribution in [0.15, 0.2) is 64.1 Å². The summed E-state index contributed by atoms with van der Waals surface area (Å²) in [5.74, 6) is 1.64. The van der Waals surface area contributed by atoms with Gasteiger partial charge >= 0.3 is 0 Å². The van der Waals surface area contributed by atoms with E-state index in [2.05, 4.69) is 23.0 Å². The van der Waals surface area contributed by atoms with Gasteiger partial charge in [0.05, 0.1) is 12.5 Å². The van der Waals surface area contributed by atoms with Crippen molar-refractivity contribution in [1.82, 2.24) is 9.91 Å². The van der Waals surface area contributed by atoms with Gasteiger partial charge in [-0.1, -0.05) is 12.1 Å². The van der Waals surface area contributed by atoms with Crippen molar-refractivity contribution in [3.63, 3.8) is 0 Å². The Hall–Kier alpha value is -2.50. The lowest BCUT2D eigenvalue weighted by Crippen LogP contribution is -2.42. The average molecular weight is 386 g/mol. The standard InChI is InChI=1S/C21H23N3O2.ClH/c1-23-11-13-24(14-12-23)22-19-15-21(16-7-9-17(25-2)10-8-16)26-20-6-4-3-5-18(19)20;/h3-10,15H,11-14H2,1-2H3;1H/b22-19+;. The van der Waals surface area contributed by atoms with Crippen molar-refractivity contribution in [2.24, 2.45) is 5.10 Å². The van der Waals surface area contributed by atoms with E-state index < -0.39 is 0 Å². The second-order valence-corrected chi connectivity index (χ2v) is 6.58. The van der Waals surface area contributed by atoms with E-state index in [4.69, 9.17) is 14.3 Å². The second-order valence-electron chi connectivity index (χ2n) is 6.58. The molecule has 0 aliphatic carbocycles. The second kappa shape index (κ2) is 8.46. The number of rotatable bonds is 3. The first-order valence-electron chi connectivity index (χ1n) is 8.88. The Morgan fingerprint density at radius 2 is 1.67 bits per heavy atom. The van der Waals surface area contributed by atoms with E-state index >= 15 is 0 Å². The van der Waals surface area contributed by atoms with Crippen LogP contribution in [0.25, 0.3) is 22.3 Å². The molecule has 1 aliphatic rings. The van der Waals surface area contributed by atoms with Crippen LogP contribution < -0.4 is 10.1 Å². The normalized spacial score (nSPS) is 15.6. The molecule has 0 bridgehead atoms. The number of likely N-dealkylation sites (N-methyl/N-ethyl adjacent to an activating group) is 1. The number of fused-ring (bicyclic) bond motifs is 1. The van der Waals surface area contributed by atoms with Crippen LogP contribution in [0.5, 0.6) is 5.75 Å². The molecular formula is C21H24ClN3O2. The van der Waals surface area contributed by atoms with Gasteiger partial charge in [-0.05, 0) is 43.4 Å². The molecule has 1 aromatic heterocycles. The average Bonchev–Trinajstić information content (AvgIpc) is 2.69. The van der Waals surface area contributed by atoms with Gasteiger partial charge in [0.25, 0.3) is 0 Å². The van der Waals surface area contributed by atoms with Gasteiger partial charge in [0, 0.05) is 43.2 Å². The highest BCUT2D eigenvalue weighted by Crippen LogP contribution is 2.24. The maximum atomic E-state index is 6.14. The van der Waals surface area contributed by atoms with E-state index in [9.17, 15) is 0 Å². The Bertz CT molecular complexity index is 961. The molecule has 2 aromatic carbocycles. The molecule has 0 atom stereocenters. The number of halogens is 1. The van der Waals surface area contributed by atoms with Crippen molar-refractivity contribution in [3.05, 3.63) is 60.0 Å². The van der Waals surface area contributed by atoms with Gasteiger partial charge in [0.2, 0.25) is 0 Å². The first-order chi connectivity index (χ1) is 12.7. The third-order valence-corrected chi connectivity index (χ3v) is 4.75. The van der Waals surface area contributed by atoms with Crippen LogP contribution in [0, 0.1) is 0 Å². The fourth-order valence-electron chi connectivity index (χ4n) is 3.15. The van der Waals surface area contributed by atoms with Crippen LogP contribution >= 0.6 is 12.4 Å². The van der Waals surface area contributed by atoms with Gasteiger partial charge < -0.3 is 14.1 Å². The lowest BCUT2D eigenvalue weighted by molar-refractivity contribution is 0.154. The molecule has 6 heteroatoms. The van der Waals surface area contributed by atoms with Gasteiger partial charge in [0.1, 0.15) is 17.1 Å². The molecule has 142 valence electrons. The van der Waals surface area contributed by atoms with Crippen molar-refractivity contribution in [1.29, 1.82) is 0 Å². The number of nitrogens with zero attached hydrogens (tertiary/aromatic N) is 3. The third-order valence-electron chi connectivity index (χ3n) is 4.75. The van der Waals surface area contributed by atoms with Gasteiger partial charge in [0.15, 0.2) is 0 Å². The Labute approximate surface area is 165 Å². The molecular weight excluding hydrogens is 362 g/mol. The molecule has 1 fully saturated rings. The van der Waals surface area contributed by atoms with Crippen LogP contribution in [0.2, 0.25) is 0 Å². The fourth-order valence-corrected chi connectivity index (χ4v) is 3.15. The molecule has 0 N–H and O–H groups in total. The SMILES string of the molecule is COc1ccc(-c2c/c(=N\N3CCN(C)CC3)c3ccccc3o2)cc1.Cl. The zero-order valence-electron chi connectivity index (χ0n) is 15.6. The molecule has 5 nitrogen and oxygen atoms in total. The number of piperazine rings is 1. The van der Waals surface area contributed by atoms with E-state index in [1.165, 1.54) is 0 Å². The maximum absolute atomic E-state index is 6.14. The van der Waals surface area contributed by atoms with Crippen molar-refractivity contribution >= 4 is 23.4 Å². The summed E-state index contributed by atoms with van der Waals surface area (Å²) < 4.78 is 11.4. The minimum absolute atomic E-state index is 0. The Balaban J connectivity index is 0.00000210. The zero-order chi connectivity index (χ0) is 17.9. The first kappa shape index (κ1) is 19.3. The van der Waals surface area contributed by atoms with E-state index in [1.807, 2.05) is 48.5 Å². The van der Waals surface area contributed by atoms with E-state index in [1.54, 1.807) is 7.11 Å². The predicted molar refractivity (Wildman–Crippen MR) is 110 cm³/mol. The van der Waals surface area contributed by atoms with Crippen LogP contribution in [-0.4, -0.2) is 50.2 Å². The summed E-state index contributed by atoms with van der Waals surface area (Å²) in [6.07, 6.45) is 0. The molecule has 0 spiro atoms. The van der Waals surface area contributed by atoms with Gasteiger partial charge in [-0.15, -0.1) is 12.4 Å². The number of methoxy groups -OCH3 is 1. The number of hydrogen-bond acceptors (Lipinski definition) is 5. The first-order valence-corrected chi connectivity index (χ1v) is 8.88. The Morgan fingerprint density at radius 3 is 2.37 bits per heavy atom. The summed E-state index contributed by atoms with van der Waals surface area (Å²) >= 11 is 0. The van der Waals surface area contributed by atoms with E-state index in [0.717, 1.165) is 59.6 Å². The number of hydrogen-bond donors (Lipinski definition) is 0. The minimum atomic E-state index is 0. The Kier molecular flexibility index (Phi) is 6.04. The third kappa shape index (κ3) is 4.26. The van der Waals surface area contributed by atoms with E-state index in [-0.39, 0.29) is 12.4 Å². The van der Waals surface area contributed by atoms with Crippen LogP contribution in [0.4, 0.5) is 0 Å². The number of ether oxygens (including phenoxy) is 1. The fraction of sp³-hybridized carbons (Fsp3) is 0.286. The quantitative estimate of drug-likeness (QED) is 0.690. The van der Waals surface area contributed by atoms with Crippen molar-refractivity contribution < 1.29 is 9.15 Å². The lowest BCUT2D eigenvalue weighted by atomic mass is 10.1. The number of para-hydroxylation sites is 1. The van der Waals surface area contributed by atoms with Crippen molar-refractivity contribution in [3.8, 4) is 17.1 Å². The molecule has 2 heterocycles. The van der Waals surface area contributed by atoms with Crippen LogP contribution in [0.1, 0.15) is 0 Å². The van der Waals surface area contributed by atoms with Crippen molar-refractivity contribution in [2.45, 2.75) is 0 Å². The summed E-state index contributed by atoms with van der Waals surface area (Å²) in [7, 11) is 3.82. The molecule has 0 saturated carbocycles. The van der Waals surface area contributed by atoms with Crippen LogP contribution in [0.3, 0.4) is 0 Å². The van der Waals surface area contributed by atoms with Gasteiger partial charge in [-0.25, -0.2) is 0 Å². The maximum Gasteiger partial charge on any atom is 0.136 e. The van der Waals surface area contributed by atoms with Crippen molar-refractivity contribution in [2.75, 3.05) is 40.3 Å². The summed E-state index contributed by atoms with van der Waals surface area (Å²) in [5, 5.41) is 9.05. The molecule has 3 aromatic rings. The van der Waals surface area contributed by atoms with E-state index in [0.29, 0.717) is 0 Å². The molecule has 1 saturated heterocycles. The summed E-state index contributed by atoms with van der Waals surface area (Å²) in [5.41, 5.74) is 1.85. The predicted octanol–water partition coefficient (Wildman–Crippen LogP) is 3.59. The smallest absolute Gasteiger partial charge is 0.136 e. The highest BCUT2D eigenvalue weighted by Gasteiger charge is 2.12. The highest BCUT2D eigenvalue weighted by molar-refractivity contribution is 5.85. The molecule has 1 aliphatic heterocycles. The molecule has 27 heavy (non-hydrogen) atoms. The van der Waals surface area contributed by atoms with Gasteiger partial charge in [-0.2, -0.15) is 5.10 Å². The largest absolute Gasteiger partial charge is 0.497 e. The summed E-state index contributed by atoms with van der Waals surface area (Å²) in [6, 6.07) is 18.0. The molecule has 0 radical (unpaired) electrons. The zero-order valence-corrected chi connectivity index (χ0v) is 16.4. The highest BCUT2D eigenvalue weighted by atomic mass is 35.5.